The number of methoxy groups -OCH3 is 1. The fourth-order valence-electron chi connectivity index (χ4n) is 3.96. The highest BCUT2D eigenvalue weighted by molar-refractivity contribution is 7.53. The van der Waals surface area contributed by atoms with Crippen molar-refractivity contribution < 1.29 is 27.9 Å². The van der Waals surface area contributed by atoms with E-state index in [1.165, 1.54) is 16.9 Å². The first kappa shape index (κ1) is 25.0. The molecule has 1 aliphatic rings. The van der Waals surface area contributed by atoms with Gasteiger partial charge in [-0.15, -0.1) is 0 Å². The Hall–Kier alpha value is -2.67. The number of rotatable bonds is 9. The summed E-state index contributed by atoms with van der Waals surface area (Å²) in [6.45, 7) is 4.26. The van der Waals surface area contributed by atoms with Gasteiger partial charge >= 0.3 is 19.6 Å². The molecule has 178 valence electrons. The van der Waals surface area contributed by atoms with Crippen LogP contribution >= 0.6 is 7.60 Å². The number of hydrogen-bond acceptors (Lipinski definition) is 6. The minimum absolute atomic E-state index is 0.187. The van der Waals surface area contributed by atoms with Crippen molar-refractivity contribution in [3.63, 3.8) is 0 Å². The van der Waals surface area contributed by atoms with E-state index >= 15 is 0 Å². The molecule has 0 radical (unpaired) electrons. The van der Waals surface area contributed by atoms with Gasteiger partial charge in [0, 0.05) is 19.5 Å². The van der Waals surface area contributed by atoms with E-state index in [0.717, 1.165) is 16.7 Å². The molecule has 2 amide bonds. The predicted molar refractivity (Wildman–Crippen MR) is 125 cm³/mol. The van der Waals surface area contributed by atoms with Crippen molar-refractivity contribution in [3.8, 4) is 0 Å². The van der Waals surface area contributed by atoms with E-state index in [2.05, 4.69) is 0 Å². The number of nitrogens with zero attached hydrogens (tertiary/aromatic N) is 2. The van der Waals surface area contributed by atoms with Crippen LogP contribution in [0, 0.1) is 0 Å². The lowest BCUT2D eigenvalue weighted by Gasteiger charge is -2.39. The molecule has 33 heavy (non-hydrogen) atoms. The second-order valence-electron chi connectivity index (χ2n) is 7.69. The van der Waals surface area contributed by atoms with Crippen LogP contribution in [0.5, 0.6) is 0 Å². The van der Waals surface area contributed by atoms with E-state index in [-0.39, 0.29) is 32.6 Å². The number of fused-ring (bicyclic) bond motifs is 1. The van der Waals surface area contributed by atoms with E-state index in [9.17, 15) is 14.2 Å². The van der Waals surface area contributed by atoms with Gasteiger partial charge in [-0.1, -0.05) is 54.6 Å². The molecule has 0 spiro atoms. The molecule has 9 heteroatoms. The summed E-state index contributed by atoms with van der Waals surface area (Å²) < 4.78 is 29.2. The van der Waals surface area contributed by atoms with Gasteiger partial charge in [0.05, 0.1) is 20.3 Å². The van der Waals surface area contributed by atoms with Crippen LogP contribution < -0.4 is 0 Å². The molecule has 0 fully saturated rings. The number of carbonyl (C=O) groups excluding carboxylic acids is 2. The molecule has 1 aliphatic heterocycles. The molecule has 0 saturated carbocycles. The first-order valence-corrected chi connectivity index (χ1v) is 12.8. The van der Waals surface area contributed by atoms with E-state index in [1.807, 2.05) is 54.6 Å². The van der Waals surface area contributed by atoms with Crippen LogP contribution in [-0.2, 0) is 42.7 Å². The number of urea groups is 1. The zero-order chi connectivity index (χ0) is 23.8. The molecule has 0 saturated heterocycles. The fourth-order valence-corrected chi connectivity index (χ4v) is 5.62. The highest BCUT2D eigenvalue weighted by atomic mass is 31.2. The molecular weight excluding hydrogens is 443 g/mol. The minimum Gasteiger partial charge on any atom is -0.467 e. The molecule has 1 unspecified atom stereocenters. The average Bonchev–Trinajstić information content (AvgIpc) is 2.82. The van der Waals surface area contributed by atoms with E-state index in [1.54, 1.807) is 13.8 Å². The highest BCUT2D eigenvalue weighted by Crippen LogP contribution is 2.49. The Morgan fingerprint density at radius 1 is 1.00 bits per heavy atom. The highest BCUT2D eigenvalue weighted by Gasteiger charge is 2.39. The fraction of sp³-hybridized carbons (Fsp3) is 0.417. The topological polar surface area (TPSA) is 85.4 Å². The third-order valence-electron chi connectivity index (χ3n) is 5.45. The number of benzene rings is 2. The second-order valence-corrected chi connectivity index (χ2v) is 9.71. The standard InChI is InChI=1S/C24H31N2O6P/c1-4-31-33(29,32-5-2)18-25(16-19-11-7-6-8-12-19)24(28)26-17-21-14-10-9-13-20(21)15-22(26)23(27)30-3/h6-14,22H,4-5,15-18H2,1-3H3. The van der Waals surface area contributed by atoms with Gasteiger partial charge in [-0.2, -0.15) is 0 Å². The van der Waals surface area contributed by atoms with Crippen molar-refractivity contribution in [1.29, 1.82) is 0 Å². The molecule has 2 aromatic carbocycles. The molecule has 2 aromatic rings. The maximum atomic E-state index is 13.8. The van der Waals surface area contributed by atoms with Crippen LogP contribution in [-0.4, -0.2) is 54.5 Å². The molecule has 0 bridgehead atoms. The van der Waals surface area contributed by atoms with E-state index in [0.29, 0.717) is 6.42 Å². The Balaban J connectivity index is 1.96. The number of hydrogen-bond donors (Lipinski definition) is 0. The van der Waals surface area contributed by atoms with Crippen molar-refractivity contribution in [2.24, 2.45) is 0 Å². The summed E-state index contributed by atoms with van der Waals surface area (Å²) in [5.41, 5.74) is 2.82. The largest absolute Gasteiger partial charge is 0.467 e. The first-order chi connectivity index (χ1) is 15.9. The molecule has 0 N–H and O–H groups in total. The summed E-state index contributed by atoms with van der Waals surface area (Å²) >= 11 is 0. The van der Waals surface area contributed by atoms with E-state index in [4.69, 9.17) is 13.8 Å². The third-order valence-corrected chi connectivity index (χ3v) is 7.44. The van der Waals surface area contributed by atoms with E-state index < -0.39 is 25.6 Å². The van der Waals surface area contributed by atoms with Gasteiger partial charge in [-0.25, -0.2) is 9.59 Å². The molecule has 0 aliphatic carbocycles. The average molecular weight is 474 g/mol. The van der Waals surface area contributed by atoms with Crippen LogP contribution in [0.4, 0.5) is 4.79 Å². The van der Waals surface area contributed by atoms with Crippen molar-refractivity contribution in [1.82, 2.24) is 9.80 Å². The van der Waals surface area contributed by atoms with Crippen molar-refractivity contribution >= 4 is 19.6 Å². The van der Waals surface area contributed by atoms with Crippen LogP contribution in [0.3, 0.4) is 0 Å². The van der Waals surface area contributed by atoms with Gasteiger partial charge in [0.1, 0.15) is 12.3 Å². The van der Waals surface area contributed by atoms with Gasteiger partial charge in [0.2, 0.25) is 0 Å². The van der Waals surface area contributed by atoms with Crippen LogP contribution in [0.25, 0.3) is 0 Å². The second kappa shape index (κ2) is 11.5. The van der Waals surface area contributed by atoms with Gasteiger partial charge in [-0.05, 0) is 30.5 Å². The summed E-state index contributed by atoms with van der Waals surface area (Å²) in [5, 5.41) is 0. The summed E-state index contributed by atoms with van der Waals surface area (Å²) in [4.78, 5) is 29.4. The maximum absolute atomic E-state index is 13.8. The predicted octanol–water partition coefficient (Wildman–Crippen LogP) is 4.43. The summed E-state index contributed by atoms with van der Waals surface area (Å²) in [5.74, 6) is -0.490. The summed E-state index contributed by atoms with van der Waals surface area (Å²) in [6, 6.07) is 15.9. The van der Waals surface area contributed by atoms with Gasteiger partial charge in [-0.3, -0.25) is 4.57 Å². The Labute approximate surface area is 195 Å². The molecule has 1 atom stereocenters. The smallest absolute Gasteiger partial charge is 0.349 e. The Morgan fingerprint density at radius 3 is 2.21 bits per heavy atom. The zero-order valence-corrected chi connectivity index (χ0v) is 20.2. The van der Waals surface area contributed by atoms with Gasteiger partial charge < -0.3 is 23.6 Å². The number of esters is 1. The molecule has 1 heterocycles. The van der Waals surface area contributed by atoms with Gasteiger partial charge in [0.15, 0.2) is 0 Å². The summed E-state index contributed by atoms with van der Waals surface area (Å²) in [7, 11) is -2.26. The third kappa shape index (κ3) is 6.22. The van der Waals surface area contributed by atoms with Crippen LogP contribution in [0.15, 0.2) is 54.6 Å². The SMILES string of the molecule is CCOP(=O)(CN(Cc1ccccc1)C(=O)N1Cc2ccccc2CC1C(=O)OC)OCC. The Morgan fingerprint density at radius 2 is 1.61 bits per heavy atom. The maximum Gasteiger partial charge on any atom is 0.349 e. The Bertz CT molecular complexity index is 989. The number of amides is 2. The zero-order valence-electron chi connectivity index (χ0n) is 19.3. The van der Waals surface area contributed by atoms with Crippen LogP contribution in [0.2, 0.25) is 0 Å². The monoisotopic (exact) mass is 474 g/mol. The number of carbonyl (C=O) groups is 2. The molecular formula is C24H31N2O6P. The minimum atomic E-state index is -3.57. The van der Waals surface area contributed by atoms with Crippen molar-refractivity contribution in [2.45, 2.75) is 39.4 Å². The lowest BCUT2D eigenvalue weighted by Crippen LogP contribution is -2.53. The quantitative estimate of drug-likeness (QED) is 0.395. The van der Waals surface area contributed by atoms with Gasteiger partial charge in [0.25, 0.3) is 0 Å². The normalized spacial score (nSPS) is 15.6. The molecule has 0 aromatic heterocycles. The molecule has 3 rings (SSSR count). The lowest BCUT2D eigenvalue weighted by molar-refractivity contribution is -0.146. The lowest BCUT2D eigenvalue weighted by atomic mass is 9.94. The molecule has 8 nitrogen and oxygen atoms in total. The van der Waals surface area contributed by atoms with Crippen molar-refractivity contribution in [2.75, 3.05) is 26.6 Å². The van der Waals surface area contributed by atoms with Crippen molar-refractivity contribution in [3.05, 3.63) is 71.3 Å². The van der Waals surface area contributed by atoms with Crippen LogP contribution in [0.1, 0.15) is 30.5 Å². The number of ether oxygens (including phenoxy) is 1. The Kier molecular flexibility index (Phi) is 8.67. The summed E-state index contributed by atoms with van der Waals surface area (Å²) in [6.07, 6.45) is 0.122. The first-order valence-electron chi connectivity index (χ1n) is 11.0.